The van der Waals surface area contributed by atoms with Gasteiger partial charge in [-0.15, -0.1) is 13.2 Å². The molecule has 0 saturated carbocycles. The summed E-state index contributed by atoms with van der Waals surface area (Å²) in [6, 6.07) is 4.76. The molecule has 0 bridgehead atoms. The highest BCUT2D eigenvalue weighted by atomic mass is 19.4. The molecular weight excluding hydrogens is 287 g/mol. The lowest BCUT2D eigenvalue weighted by Gasteiger charge is -2.30. The number of hydrogen-bond acceptors (Lipinski definition) is 3. The van der Waals surface area contributed by atoms with Gasteiger partial charge in [0.15, 0.2) is 0 Å². The van der Waals surface area contributed by atoms with Crippen LogP contribution in [0.3, 0.4) is 0 Å². The van der Waals surface area contributed by atoms with Crippen molar-refractivity contribution >= 4 is 11.7 Å². The highest BCUT2D eigenvalue weighted by molar-refractivity contribution is 5.95. The Kier molecular flexibility index (Phi) is 4.20. The highest BCUT2D eigenvalue weighted by Gasteiger charge is 2.31. The molecule has 1 atom stereocenters. The van der Waals surface area contributed by atoms with Crippen molar-refractivity contribution in [2.45, 2.75) is 19.7 Å². The number of carbonyl (C=O) groups is 2. The number of rotatable bonds is 2. The number of benzene rings is 1. The number of hydrogen-bond donors (Lipinski definition) is 0. The van der Waals surface area contributed by atoms with E-state index in [1.165, 1.54) is 17.0 Å². The smallest absolute Gasteiger partial charge is 0.406 e. The molecule has 1 aromatic carbocycles. The predicted octanol–water partition coefficient (Wildman–Crippen LogP) is 2.64. The van der Waals surface area contributed by atoms with Crippen LogP contribution in [0.25, 0.3) is 0 Å². The van der Waals surface area contributed by atoms with Gasteiger partial charge in [-0.2, -0.15) is 0 Å². The van der Waals surface area contributed by atoms with E-state index in [0.29, 0.717) is 19.5 Å². The maximum Gasteiger partial charge on any atom is 0.573 e. The molecule has 1 heterocycles. The third kappa shape index (κ3) is 3.96. The molecule has 1 unspecified atom stereocenters. The van der Waals surface area contributed by atoms with Crippen LogP contribution in [0.4, 0.5) is 13.2 Å². The van der Waals surface area contributed by atoms with Crippen molar-refractivity contribution in [2.75, 3.05) is 13.1 Å². The summed E-state index contributed by atoms with van der Waals surface area (Å²) in [5.74, 6) is -0.766. The Morgan fingerprint density at radius 3 is 2.43 bits per heavy atom. The van der Waals surface area contributed by atoms with E-state index < -0.39 is 6.36 Å². The summed E-state index contributed by atoms with van der Waals surface area (Å²) in [7, 11) is 0. The number of amides is 1. The average molecular weight is 301 g/mol. The van der Waals surface area contributed by atoms with Crippen molar-refractivity contribution < 1.29 is 27.5 Å². The number of carbonyl (C=O) groups excluding carboxylic acids is 2. The number of alkyl halides is 3. The molecule has 0 aromatic heterocycles. The van der Waals surface area contributed by atoms with Gasteiger partial charge in [0.25, 0.3) is 5.91 Å². The molecule has 1 saturated heterocycles. The summed E-state index contributed by atoms with van der Waals surface area (Å²) in [6.07, 6.45) is -4.45. The van der Waals surface area contributed by atoms with Crippen LogP contribution in [0.1, 0.15) is 23.7 Å². The van der Waals surface area contributed by atoms with Gasteiger partial charge >= 0.3 is 6.36 Å². The number of likely N-dealkylation sites (tertiary alicyclic amines) is 1. The van der Waals surface area contributed by atoms with Crippen molar-refractivity contribution in [3.8, 4) is 5.75 Å². The molecule has 0 radical (unpaired) electrons. The molecular formula is C14H14F3NO3. The summed E-state index contributed by atoms with van der Waals surface area (Å²) in [6.45, 7) is 2.42. The van der Waals surface area contributed by atoms with Gasteiger partial charge in [0.2, 0.25) is 0 Å². The number of nitrogens with zero attached hydrogens (tertiary/aromatic N) is 1. The van der Waals surface area contributed by atoms with Crippen LogP contribution in [0.15, 0.2) is 24.3 Å². The Hall–Kier alpha value is -2.05. The Morgan fingerprint density at radius 1 is 1.29 bits per heavy atom. The minimum absolute atomic E-state index is 0.118. The Morgan fingerprint density at radius 2 is 1.90 bits per heavy atom. The zero-order chi connectivity index (χ0) is 15.6. The molecule has 1 fully saturated rings. The van der Waals surface area contributed by atoms with Crippen LogP contribution in [0, 0.1) is 5.92 Å². The first-order valence-corrected chi connectivity index (χ1v) is 6.44. The minimum atomic E-state index is -4.76. The van der Waals surface area contributed by atoms with Crippen molar-refractivity contribution in [3.63, 3.8) is 0 Å². The van der Waals surface area contributed by atoms with E-state index >= 15 is 0 Å². The summed E-state index contributed by atoms with van der Waals surface area (Å²) in [5.41, 5.74) is 0.270. The molecule has 2 rings (SSSR count). The van der Waals surface area contributed by atoms with Crippen molar-refractivity contribution in [1.82, 2.24) is 4.90 Å². The minimum Gasteiger partial charge on any atom is -0.406 e. The Balaban J connectivity index is 2.05. The first kappa shape index (κ1) is 15.3. The SMILES string of the molecule is CC1CN(C(=O)c2ccc(OC(F)(F)F)cc2)CCC1=O. The van der Waals surface area contributed by atoms with Crippen molar-refractivity contribution in [2.24, 2.45) is 5.92 Å². The third-order valence-electron chi connectivity index (χ3n) is 3.29. The van der Waals surface area contributed by atoms with E-state index in [-0.39, 0.29) is 28.9 Å². The lowest BCUT2D eigenvalue weighted by atomic mass is 9.98. The zero-order valence-corrected chi connectivity index (χ0v) is 11.3. The van der Waals surface area contributed by atoms with Crippen LogP contribution >= 0.6 is 0 Å². The molecule has 21 heavy (non-hydrogen) atoms. The van der Waals surface area contributed by atoms with Gasteiger partial charge in [0.1, 0.15) is 11.5 Å². The summed E-state index contributed by atoms with van der Waals surface area (Å²) >= 11 is 0. The molecule has 114 valence electrons. The third-order valence-corrected chi connectivity index (χ3v) is 3.29. The van der Waals surface area contributed by atoms with Gasteiger partial charge in [-0.05, 0) is 24.3 Å². The molecule has 1 amide bonds. The van der Waals surface area contributed by atoms with Crippen molar-refractivity contribution in [1.29, 1.82) is 0 Å². The van der Waals surface area contributed by atoms with Crippen LogP contribution in [0.2, 0.25) is 0 Å². The molecule has 1 aromatic rings. The quantitative estimate of drug-likeness (QED) is 0.843. The van der Waals surface area contributed by atoms with Crippen LogP contribution in [-0.2, 0) is 4.79 Å². The maximum absolute atomic E-state index is 12.2. The summed E-state index contributed by atoms with van der Waals surface area (Å²) in [5, 5.41) is 0. The lowest BCUT2D eigenvalue weighted by Crippen LogP contribution is -2.43. The van der Waals surface area contributed by atoms with E-state index in [9.17, 15) is 22.8 Å². The molecule has 1 aliphatic rings. The average Bonchev–Trinajstić information content (AvgIpc) is 2.40. The fourth-order valence-electron chi connectivity index (χ4n) is 2.18. The van der Waals surface area contributed by atoms with Crippen LogP contribution in [-0.4, -0.2) is 36.0 Å². The van der Waals surface area contributed by atoms with Crippen molar-refractivity contribution in [3.05, 3.63) is 29.8 Å². The van der Waals surface area contributed by atoms with Gasteiger partial charge < -0.3 is 9.64 Å². The molecule has 0 N–H and O–H groups in total. The second-order valence-corrected chi connectivity index (χ2v) is 4.94. The van der Waals surface area contributed by atoms with Gasteiger partial charge in [0.05, 0.1) is 0 Å². The normalized spacial score (nSPS) is 19.5. The number of piperidine rings is 1. The van der Waals surface area contributed by atoms with E-state index in [1.807, 2.05) is 0 Å². The maximum atomic E-state index is 12.2. The van der Waals surface area contributed by atoms with Gasteiger partial charge in [-0.25, -0.2) is 0 Å². The standard InChI is InChI=1S/C14H14F3NO3/c1-9-8-18(7-6-12(9)19)13(20)10-2-4-11(5-3-10)21-14(15,16)17/h2-5,9H,6-8H2,1H3. The van der Waals surface area contributed by atoms with Crippen LogP contribution < -0.4 is 4.74 Å². The van der Waals surface area contributed by atoms with E-state index in [4.69, 9.17) is 0 Å². The first-order valence-electron chi connectivity index (χ1n) is 6.44. The fourth-order valence-corrected chi connectivity index (χ4v) is 2.18. The number of halogens is 3. The first-order chi connectivity index (χ1) is 9.76. The Labute approximate surface area is 119 Å². The largest absolute Gasteiger partial charge is 0.573 e. The highest BCUT2D eigenvalue weighted by Crippen LogP contribution is 2.23. The van der Waals surface area contributed by atoms with E-state index in [0.717, 1.165) is 12.1 Å². The second kappa shape index (κ2) is 5.75. The van der Waals surface area contributed by atoms with E-state index in [1.54, 1.807) is 6.92 Å². The van der Waals surface area contributed by atoms with Gasteiger partial charge in [-0.3, -0.25) is 9.59 Å². The summed E-state index contributed by atoms with van der Waals surface area (Å²) < 4.78 is 39.9. The topological polar surface area (TPSA) is 46.6 Å². The number of ether oxygens (including phenoxy) is 1. The molecule has 0 spiro atoms. The Bertz CT molecular complexity index is 539. The van der Waals surface area contributed by atoms with E-state index in [2.05, 4.69) is 4.74 Å². The summed E-state index contributed by atoms with van der Waals surface area (Å²) in [4.78, 5) is 25.1. The predicted molar refractivity (Wildman–Crippen MR) is 67.8 cm³/mol. The molecule has 7 heteroatoms. The molecule has 0 aliphatic carbocycles. The zero-order valence-electron chi connectivity index (χ0n) is 11.3. The number of Topliss-reactive ketones (excluding diaryl/α,β-unsaturated/α-hetero) is 1. The molecule has 4 nitrogen and oxygen atoms in total. The van der Waals surface area contributed by atoms with Gasteiger partial charge in [0, 0.05) is 31.0 Å². The lowest BCUT2D eigenvalue weighted by molar-refractivity contribution is -0.274. The van der Waals surface area contributed by atoms with Gasteiger partial charge in [-0.1, -0.05) is 6.92 Å². The second-order valence-electron chi connectivity index (χ2n) is 4.94. The monoisotopic (exact) mass is 301 g/mol. The molecule has 1 aliphatic heterocycles. The van der Waals surface area contributed by atoms with Crippen LogP contribution in [0.5, 0.6) is 5.75 Å². The number of ketones is 1. The fraction of sp³-hybridized carbons (Fsp3) is 0.429.